The maximum Gasteiger partial charge on any atom is 0.420 e. The van der Waals surface area contributed by atoms with Gasteiger partial charge in [0.05, 0.1) is 12.0 Å². The number of amides is 1. The summed E-state index contributed by atoms with van der Waals surface area (Å²) in [5.74, 6) is 1.03. The second-order valence-corrected chi connectivity index (χ2v) is 9.72. The molecule has 5 rings (SSSR count). The molecule has 2 aromatic heterocycles. The van der Waals surface area contributed by atoms with Crippen LogP contribution >= 0.6 is 11.3 Å². The van der Waals surface area contributed by atoms with E-state index in [0.717, 1.165) is 52.8 Å². The van der Waals surface area contributed by atoms with Gasteiger partial charge in [-0.25, -0.2) is 4.79 Å². The molecule has 0 radical (unpaired) electrons. The summed E-state index contributed by atoms with van der Waals surface area (Å²) in [5.41, 5.74) is 1.65. The molecule has 0 spiro atoms. The normalized spacial score (nSPS) is 13.9. The lowest BCUT2D eigenvalue weighted by molar-refractivity contribution is -0.385. The monoisotopic (exact) mass is 524 g/mol. The van der Waals surface area contributed by atoms with E-state index in [1.807, 2.05) is 19.1 Å². The Morgan fingerprint density at radius 2 is 2.00 bits per heavy atom. The van der Waals surface area contributed by atoms with Gasteiger partial charge in [-0.15, -0.1) is 5.10 Å². The Morgan fingerprint density at radius 3 is 2.70 bits per heavy atom. The van der Waals surface area contributed by atoms with Crippen molar-refractivity contribution >= 4 is 39.2 Å². The van der Waals surface area contributed by atoms with Gasteiger partial charge in [-0.05, 0) is 60.2 Å². The van der Waals surface area contributed by atoms with Gasteiger partial charge >= 0.3 is 11.8 Å². The molecule has 4 aromatic rings. The van der Waals surface area contributed by atoms with Gasteiger partial charge in [-0.1, -0.05) is 41.8 Å². The number of nitro benzene ring substituents is 1. The van der Waals surface area contributed by atoms with Crippen LogP contribution in [0.2, 0.25) is 0 Å². The number of H-pyrrole nitrogens is 1. The summed E-state index contributed by atoms with van der Waals surface area (Å²) < 4.78 is 17.9. The molecule has 1 aliphatic carbocycles. The third-order valence-electron chi connectivity index (χ3n) is 6.34. The van der Waals surface area contributed by atoms with E-state index in [9.17, 15) is 14.9 Å². The SMILES string of the molecule is COc1cc2c(Oc3ccc(C4CCCCC4)cc3[N+](=O)[O-])c(OC(=O)Nc3nn[nH]n3)sc2cc1C. The maximum atomic E-state index is 12.5. The molecular formula is C24H24N6O6S. The molecule has 1 amide bonds. The highest BCUT2D eigenvalue weighted by Crippen LogP contribution is 2.49. The fourth-order valence-corrected chi connectivity index (χ4v) is 5.60. The van der Waals surface area contributed by atoms with Crippen LogP contribution in [0, 0.1) is 17.0 Å². The van der Waals surface area contributed by atoms with Crippen molar-refractivity contribution in [3.8, 4) is 22.3 Å². The highest BCUT2D eigenvalue weighted by molar-refractivity contribution is 7.21. The number of tetrazole rings is 1. The minimum Gasteiger partial charge on any atom is -0.496 e. The number of fused-ring (bicyclic) bond motifs is 1. The number of benzene rings is 2. The van der Waals surface area contributed by atoms with Crippen LogP contribution in [0.5, 0.6) is 22.3 Å². The van der Waals surface area contributed by atoms with Gasteiger partial charge in [0.15, 0.2) is 5.75 Å². The molecule has 192 valence electrons. The minimum absolute atomic E-state index is 0.0484. The number of aryl methyl sites for hydroxylation is 1. The van der Waals surface area contributed by atoms with Gasteiger partial charge in [-0.3, -0.25) is 15.4 Å². The first-order chi connectivity index (χ1) is 17.9. The zero-order chi connectivity index (χ0) is 25.9. The highest BCUT2D eigenvalue weighted by Gasteiger charge is 2.26. The van der Waals surface area contributed by atoms with E-state index in [-0.39, 0.29) is 28.2 Å². The van der Waals surface area contributed by atoms with Gasteiger partial charge < -0.3 is 14.2 Å². The van der Waals surface area contributed by atoms with Crippen molar-refractivity contribution in [3.05, 3.63) is 51.6 Å². The fourth-order valence-electron chi connectivity index (χ4n) is 4.54. The molecule has 1 fully saturated rings. The molecular weight excluding hydrogens is 500 g/mol. The number of carbonyl (C=O) groups is 1. The van der Waals surface area contributed by atoms with E-state index in [4.69, 9.17) is 14.2 Å². The molecule has 0 unspecified atom stereocenters. The lowest BCUT2D eigenvalue weighted by Gasteiger charge is -2.22. The molecule has 2 aromatic carbocycles. The smallest absolute Gasteiger partial charge is 0.420 e. The highest BCUT2D eigenvalue weighted by atomic mass is 32.1. The zero-order valence-electron chi connectivity index (χ0n) is 20.1. The standard InChI is InChI=1S/C24H24N6O6S/c1-13-10-20-16(12-19(13)34-2)21(22(37-20)36-24(31)25-23-26-28-29-27-23)35-18-9-8-15(11-17(18)30(32)33)14-6-4-3-5-7-14/h8-12,14H,3-7H2,1-2H3,(H2,25,26,27,28,29,31). The Balaban J connectivity index is 1.53. The predicted octanol–water partition coefficient (Wildman–Crippen LogP) is 6.09. The number of carbonyl (C=O) groups excluding carboxylic acids is 1. The lowest BCUT2D eigenvalue weighted by Crippen LogP contribution is -2.17. The number of nitro groups is 1. The summed E-state index contributed by atoms with van der Waals surface area (Å²) in [6, 6.07) is 8.70. The average molecular weight is 525 g/mol. The van der Waals surface area contributed by atoms with Crippen LogP contribution in [-0.2, 0) is 0 Å². The van der Waals surface area contributed by atoms with Crippen molar-refractivity contribution in [2.75, 3.05) is 12.4 Å². The first-order valence-electron chi connectivity index (χ1n) is 11.7. The molecule has 2 heterocycles. The Bertz CT molecular complexity index is 1450. The third kappa shape index (κ3) is 5.16. The molecule has 0 atom stereocenters. The van der Waals surface area contributed by atoms with Crippen LogP contribution < -0.4 is 19.5 Å². The van der Waals surface area contributed by atoms with Crippen molar-refractivity contribution in [3.63, 3.8) is 0 Å². The van der Waals surface area contributed by atoms with E-state index >= 15 is 0 Å². The van der Waals surface area contributed by atoms with Crippen LogP contribution in [0.15, 0.2) is 30.3 Å². The first kappa shape index (κ1) is 24.4. The summed E-state index contributed by atoms with van der Waals surface area (Å²) in [5, 5.41) is 28.0. The molecule has 0 bridgehead atoms. The van der Waals surface area contributed by atoms with Crippen molar-refractivity contribution < 1.29 is 23.9 Å². The molecule has 12 nitrogen and oxygen atoms in total. The molecule has 0 saturated heterocycles. The maximum absolute atomic E-state index is 12.5. The number of rotatable bonds is 7. The largest absolute Gasteiger partial charge is 0.496 e. The van der Waals surface area contributed by atoms with E-state index in [0.29, 0.717) is 17.1 Å². The van der Waals surface area contributed by atoms with Crippen LogP contribution in [0.3, 0.4) is 0 Å². The van der Waals surface area contributed by atoms with Crippen molar-refractivity contribution in [2.24, 2.45) is 0 Å². The molecule has 13 heteroatoms. The second kappa shape index (κ2) is 10.4. The van der Waals surface area contributed by atoms with Crippen LogP contribution in [0.4, 0.5) is 16.4 Å². The van der Waals surface area contributed by atoms with Crippen molar-refractivity contribution in [1.82, 2.24) is 20.6 Å². The predicted molar refractivity (Wildman–Crippen MR) is 136 cm³/mol. The second-order valence-electron chi connectivity index (χ2n) is 8.71. The van der Waals surface area contributed by atoms with E-state index in [1.54, 1.807) is 25.3 Å². The molecule has 0 aliphatic heterocycles. The topological polar surface area (TPSA) is 154 Å². The number of nitrogens with zero attached hydrogens (tertiary/aromatic N) is 4. The van der Waals surface area contributed by atoms with Crippen LogP contribution in [-0.4, -0.2) is 38.8 Å². The Morgan fingerprint density at radius 1 is 1.19 bits per heavy atom. The Hall–Kier alpha value is -4.26. The van der Waals surface area contributed by atoms with E-state index < -0.39 is 11.0 Å². The van der Waals surface area contributed by atoms with Crippen LogP contribution in [0.1, 0.15) is 49.1 Å². The Kier molecular flexibility index (Phi) is 6.86. The molecule has 1 saturated carbocycles. The number of aromatic amines is 1. The molecule has 2 N–H and O–H groups in total. The quantitative estimate of drug-likeness (QED) is 0.216. The van der Waals surface area contributed by atoms with Gasteiger partial charge in [-0.2, -0.15) is 5.21 Å². The number of anilines is 1. The van der Waals surface area contributed by atoms with Crippen molar-refractivity contribution in [1.29, 1.82) is 0 Å². The summed E-state index contributed by atoms with van der Waals surface area (Å²) in [6.45, 7) is 1.89. The van der Waals surface area contributed by atoms with Gasteiger partial charge in [0.2, 0.25) is 10.8 Å². The van der Waals surface area contributed by atoms with E-state index in [1.165, 1.54) is 6.42 Å². The zero-order valence-corrected chi connectivity index (χ0v) is 21.0. The number of nitrogens with one attached hydrogen (secondary N) is 2. The minimum atomic E-state index is -0.872. The number of aromatic nitrogens is 4. The van der Waals surface area contributed by atoms with Gasteiger partial charge in [0, 0.05) is 16.2 Å². The summed E-state index contributed by atoms with van der Waals surface area (Å²) in [6.07, 6.45) is 4.58. The number of thiophene rings is 1. The third-order valence-corrected chi connectivity index (χ3v) is 7.35. The summed E-state index contributed by atoms with van der Waals surface area (Å²) in [7, 11) is 1.55. The number of hydrogen-bond acceptors (Lipinski definition) is 10. The van der Waals surface area contributed by atoms with Gasteiger partial charge in [0.25, 0.3) is 5.95 Å². The Labute approximate surface area is 215 Å². The molecule has 1 aliphatic rings. The van der Waals surface area contributed by atoms with Crippen LogP contribution in [0.25, 0.3) is 10.1 Å². The first-order valence-corrected chi connectivity index (χ1v) is 12.5. The number of hydrogen-bond donors (Lipinski definition) is 2. The van der Waals surface area contributed by atoms with Crippen molar-refractivity contribution in [2.45, 2.75) is 44.9 Å². The summed E-state index contributed by atoms with van der Waals surface area (Å²) >= 11 is 1.16. The summed E-state index contributed by atoms with van der Waals surface area (Å²) in [4.78, 5) is 24.1. The van der Waals surface area contributed by atoms with Gasteiger partial charge in [0.1, 0.15) is 5.75 Å². The fraction of sp³-hybridized carbons (Fsp3) is 0.333. The number of ether oxygens (including phenoxy) is 3. The number of methoxy groups -OCH3 is 1. The lowest BCUT2D eigenvalue weighted by atomic mass is 9.84. The molecule has 37 heavy (non-hydrogen) atoms. The average Bonchev–Trinajstić information content (AvgIpc) is 3.51. The van der Waals surface area contributed by atoms with E-state index in [2.05, 4.69) is 25.9 Å².